The van der Waals surface area contributed by atoms with Gasteiger partial charge in [-0.25, -0.2) is 0 Å². The average molecular weight is 255 g/mol. The van der Waals surface area contributed by atoms with Gasteiger partial charge in [-0.1, -0.05) is 25.3 Å². The molecule has 2 nitrogen and oxygen atoms in total. The van der Waals surface area contributed by atoms with Crippen molar-refractivity contribution < 1.29 is 4.79 Å². The van der Waals surface area contributed by atoms with Crippen LogP contribution in [0, 0.1) is 11.8 Å². The number of carbonyl (C=O) groups is 1. The second kappa shape index (κ2) is 7.22. The number of hydrogen-bond donors (Lipinski definition) is 0. The molecule has 3 heteroatoms. The van der Waals surface area contributed by atoms with Gasteiger partial charge in [-0.05, 0) is 62.9 Å². The fourth-order valence-electron chi connectivity index (χ4n) is 2.65. The highest BCUT2D eigenvalue weighted by atomic mass is 32.2. The number of piperidine rings is 1. The summed E-state index contributed by atoms with van der Waals surface area (Å²) in [5, 5.41) is 0. The Bertz CT molecular complexity index is 257. The van der Waals surface area contributed by atoms with Crippen LogP contribution in [0.15, 0.2) is 11.5 Å². The first kappa shape index (κ1) is 14.8. The summed E-state index contributed by atoms with van der Waals surface area (Å²) in [5.74, 6) is 1.46. The van der Waals surface area contributed by atoms with Gasteiger partial charge in [-0.3, -0.25) is 4.79 Å². The Hall–Kier alpha value is -0.280. The van der Waals surface area contributed by atoms with E-state index in [1.165, 1.54) is 37.7 Å². The second-order valence-electron chi connectivity index (χ2n) is 5.40. The quantitative estimate of drug-likeness (QED) is 0.677. The molecule has 17 heavy (non-hydrogen) atoms. The lowest BCUT2D eigenvalue weighted by Crippen LogP contribution is -2.39. The minimum atomic E-state index is 0.657. The number of nitrogens with zero attached hydrogens (tertiary/aromatic N) is 1. The van der Waals surface area contributed by atoms with E-state index in [2.05, 4.69) is 32.3 Å². The SMILES string of the molecule is C=C(CC(C)C1CCN(C(C)C)CC1)SC=O. The molecule has 1 aliphatic rings. The van der Waals surface area contributed by atoms with Gasteiger partial charge in [0.15, 0.2) is 5.62 Å². The molecule has 0 aromatic rings. The zero-order valence-corrected chi connectivity index (χ0v) is 12.1. The molecule has 1 saturated heterocycles. The summed E-state index contributed by atoms with van der Waals surface area (Å²) in [4.78, 5) is 14.0. The maximum absolute atomic E-state index is 10.4. The number of likely N-dealkylation sites (tertiary alicyclic amines) is 1. The van der Waals surface area contributed by atoms with Crippen molar-refractivity contribution in [1.29, 1.82) is 0 Å². The predicted molar refractivity (Wildman–Crippen MR) is 76.7 cm³/mol. The average Bonchev–Trinajstić information content (AvgIpc) is 2.29. The Morgan fingerprint density at radius 2 is 2.00 bits per heavy atom. The first-order valence-electron chi connectivity index (χ1n) is 6.56. The number of thioether (sulfide) groups is 1. The summed E-state index contributed by atoms with van der Waals surface area (Å²) in [6.45, 7) is 13.2. The van der Waals surface area contributed by atoms with Gasteiger partial charge >= 0.3 is 0 Å². The highest BCUT2D eigenvalue weighted by Crippen LogP contribution is 2.31. The molecule has 0 aromatic carbocycles. The molecule has 0 N–H and O–H groups in total. The smallest absolute Gasteiger partial charge is 0.180 e. The van der Waals surface area contributed by atoms with Crippen molar-refractivity contribution in [1.82, 2.24) is 4.90 Å². The summed E-state index contributed by atoms with van der Waals surface area (Å²) >= 11 is 1.24. The number of hydrogen-bond acceptors (Lipinski definition) is 3. The molecule has 0 saturated carbocycles. The zero-order valence-electron chi connectivity index (χ0n) is 11.3. The van der Waals surface area contributed by atoms with Gasteiger partial charge in [0.25, 0.3) is 0 Å². The Kier molecular flexibility index (Phi) is 6.28. The van der Waals surface area contributed by atoms with Crippen LogP contribution in [0.1, 0.15) is 40.0 Å². The van der Waals surface area contributed by atoms with Crippen molar-refractivity contribution in [3.05, 3.63) is 11.5 Å². The van der Waals surface area contributed by atoms with Gasteiger partial charge in [-0.2, -0.15) is 0 Å². The molecule has 1 aliphatic heterocycles. The molecule has 98 valence electrons. The summed E-state index contributed by atoms with van der Waals surface area (Å²) < 4.78 is 0. The Morgan fingerprint density at radius 3 is 2.47 bits per heavy atom. The third-order valence-electron chi connectivity index (χ3n) is 3.87. The molecule has 1 unspecified atom stereocenters. The van der Waals surface area contributed by atoms with E-state index < -0.39 is 0 Å². The second-order valence-corrected chi connectivity index (χ2v) is 6.41. The monoisotopic (exact) mass is 255 g/mol. The number of rotatable bonds is 6. The molecule has 0 bridgehead atoms. The van der Waals surface area contributed by atoms with E-state index in [-0.39, 0.29) is 0 Å². The lowest BCUT2D eigenvalue weighted by molar-refractivity contribution is 0.125. The minimum Gasteiger partial charge on any atom is -0.301 e. The largest absolute Gasteiger partial charge is 0.301 e. The highest BCUT2D eigenvalue weighted by molar-refractivity contribution is 8.15. The topological polar surface area (TPSA) is 20.3 Å². The van der Waals surface area contributed by atoms with E-state index in [0.717, 1.165) is 22.9 Å². The standard InChI is InChI=1S/C14H25NOS/c1-11(2)15-7-5-14(6-8-15)12(3)9-13(4)17-10-16/h10-12,14H,4-9H2,1-3H3. The van der Waals surface area contributed by atoms with Gasteiger partial charge in [-0.15, -0.1) is 0 Å². The number of carbonyl (C=O) groups excluding carboxylic acids is 1. The predicted octanol–water partition coefficient (Wildman–Crippen LogP) is 3.57. The molecule has 1 atom stereocenters. The Balaban J connectivity index is 2.32. The van der Waals surface area contributed by atoms with E-state index in [9.17, 15) is 4.79 Å². The van der Waals surface area contributed by atoms with Gasteiger partial charge in [0.2, 0.25) is 0 Å². The fourth-order valence-corrected chi connectivity index (χ4v) is 3.14. The molecule has 0 aliphatic carbocycles. The first-order chi connectivity index (χ1) is 8.04. The summed E-state index contributed by atoms with van der Waals surface area (Å²) in [5.41, 5.74) is 0.885. The lowest BCUT2D eigenvalue weighted by Gasteiger charge is -2.37. The molecule has 0 radical (unpaired) electrons. The van der Waals surface area contributed by atoms with Crippen LogP contribution in [-0.4, -0.2) is 29.6 Å². The molecular weight excluding hydrogens is 230 g/mol. The summed E-state index contributed by atoms with van der Waals surface area (Å²) in [7, 11) is 0. The van der Waals surface area contributed by atoms with Gasteiger partial charge in [0, 0.05) is 6.04 Å². The van der Waals surface area contributed by atoms with Crippen molar-refractivity contribution >= 4 is 17.4 Å². The van der Waals surface area contributed by atoms with Crippen LogP contribution in [-0.2, 0) is 4.79 Å². The molecule has 0 spiro atoms. The summed E-state index contributed by atoms with van der Waals surface area (Å²) in [6.07, 6.45) is 3.56. The normalized spacial score (nSPS) is 20.5. The Morgan fingerprint density at radius 1 is 1.41 bits per heavy atom. The molecule has 1 fully saturated rings. The van der Waals surface area contributed by atoms with Crippen molar-refractivity contribution in [2.24, 2.45) is 11.8 Å². The molecular formula is C14H25NOS. The molecule has 0 amide bonds. The third kappa shape index (κ3) is 4.84. The van der Waals surface area contributed by atoms with Crippen LogP contribution in [0.5, 0.6) is 0 Å². The maximum Gasteiger partial charge on any atom is 0.180 e. The summed E-state index contributed by atoms with van der Waals surface area (Å²) in [6, 6.07) is 0.673. The van der Waals surface area contributed by atoms with Crippen LogP contribution in [0.3, 0.4) is 0 Å². The molecule has 1 rings (SSSR count). The van der Waals surface area contributed by atoms with Crippen LogP contribution in [0.4, 0.5) is 0 Å². The maximum atomic E-state index is 10.4. The van der Waals surface area contributed by atoms with Gasteiger partial charge < -0.3 is 4.90 Å². The van der Waals surface area contributed by atoms with Crippen molar-refractivity contribution in [2.75, 3.05) is 13.1 Å². The van der Waals surface area contributed by atoms with E-state index in [1.807, 2.05) is 0 Å². The number of allylic oxidation sites excluding steroid dienone is 1. The van der Waals surface area contributed by atoms with Gasteiger partial charge in [0.05, 0.1) is 0 Å². The van der Waals surface area contributed by atoms with Crippen LogP contribution in [0.2, 0.25) is 0 Å². The van der Waals surface area contributed by atoms with E-state index in [1.54, 1.807) is 0 Å². The minimum absolute atomic E-state index is 0.657. The Labute approximate surface area is 110 Å². The lowest BCUT2D eigenvalue weighted by atomic mass is 9.83. The molecule has 0 aromatic heterocycles. The first-order valence-corrected chi connectivity index (χ1v) is 7.44. The van der Waals surface area contributed by atoms with Gasteiger partial charge in [0.1, 0.15) is 0 Å². The van der Waals surface area contributed by atoms with E-state index in [4.69, 9.17) is 0 Å². The van der Waals surface area contributed by atoms with Crippen LogP contribution in [0.25, 0.3) is 0 Å². The van der Waals surface area contributed by atoms with Crippen molar-refractivity contribution in [3.63, 3.8) is 0 Å². The van der Waals surface area contributed by atoms with Crippen molar-refractivity contribution in [2.45, 2.75) is 46.1 Å². The van der Waals surface area contributed by atoms with Crippen molar-refractivity contribution in [3.8, 4) is 0 Å². The van der Waals surface area contributed by atoms with E-state index >= 15 is 0 Å². The fraction of sp³-hybridized carbons (Fsp3) is 0.786. The zero-order chi connectivity index (χ0) is 12.8. The highest BCUT2D eigenvalue weighted by Gasteiger charge is 2.25. The van der Waals surface area contributed by atoms with Crippen LogP contribution >= 0.6 is 11.8 Å². The van der Waals surface area contributed by atoms with E-state index in [0.29, 0.717) is 12.0 Å². The van der Waals surface area contributed by atoms with Crippen LogP contribution < -0.4 is 0 Å². The third-order valence-corrected chi connectivity index (χ3v) is 4.47. The molecule has 1 heterocycles.